The number of thiazole rings is 1. The van der Waals surface area contributed by atoms with E-state index in [-0.39, 0.29) is 11.8 Å². The zero-order chi connectivity index (χ0) is 15.5. The second kappa shape index (κ2) is 6.78. The highest BCUT2D eigenvalue weighted by Gasteiger charge is 2.27. The van der Waals surface area contributed by atoms with E-state index in [0.29, 0.717) is 12.3 Å². The van der Waals surface area contributed by atoms with E-state index in [0.717, 1.165) is 41.1 Å². The zero-order valence-corrected chi connectivity index (χ0v) is 14.3. The number of piperidine rings is 1. The predicted molar refractivity (Wildman–Crippen MR) is 87.2 cm³/mol. The maximum Gasteiger partial charge on any atom is 0.233 e. The largest absolute Gasteiger partial charge is 0.341 e. The number of thioether (sulfide) groups is 1. The van der Waals surface area contributed by atoms with Gasteiger partial charge in [-0.15, -0.1) is 11.3 Å². The number of nitrogens with zero attached hydrogens (tertiary/aromatic N) is 4. The monoisotopic (exact) mass is 337 g/mol. The molecule has 0 saturated carbocycles. The molecule has 0 aromatic carbocycles. The lowest BCUT2D eigenvalue weighted by atomic mass is 9.97. The molecule has 2 aromatic rings. The highest BCUT2D eigenvalue weighted by Crippen LogP contribution is 2.26. The molecular formula is C14H19N5OS2. The van der Waals surface area contributed by atoms with Gasteiger partial charge in [0.05, 0.1) is 5.75 Å². The number of nitrogens with one attached hydrogen (secondary N) is 1. The topological polar surface area (TPSA) is 74.8 Å². The van der Waals surface area contributed by atoms with Crippen LogP contribution in [0.4, 0.5) is 0 Å². The minimum atomic E-state index is 0.176. The summed E-state index contributed by atoms with van der Waals surface area (Å²) in [6, 6.07) is 0. The van der Waals surface area contributed by atoms with Crippen molar-refractivity contribution in [2.24, 2.45) is 0 Å². The van der Waals surface area contributed by atoms with Gasteiger partial charge in [0.1, 0.15) is 5.82 Å². The fraction of sp³-hybridized carbons (Fsp3) is 0.571. The molecule has 1 aliphatic rings. The van der Waals surface area contributed by atoms with Crippen LogP contribution >= 0.6 is 23.1 Å². The third kappa shape index (κ3) is 3.67. The Morgan fingerprint density at radius 1 is 1.50 bits per heavy atom. The molecule has 0 aliphatic carbocycles. The first-order chi connectivity index (χ1) is 10.6. The van der Waals surface area contributed by atoms with Crippen molar-refractivity contribution >= 4 is 29.0 Å². The minimum absolute atomic E-state index is 0.176. The van der Waals surface area contributed by atoms with Crippen LogP contribution in [0.3, 0.4) is 0 Å². The lowest BCUT2D eigenvalue weighted by Crippen LogP contribution is -2.40. The van der Waals surface area contributed by atoms with Gasteiger partial charge in [-0.2, -0.15) is 5.10 Å². The molecule has 8 heteroatoms. The maximum atomic E-state index is 12.4. The van der Waals surface area contributed by atoms with Gasteiger partial charge in [0.25, 0.3) is 0 Å². The number of aromatic nitrogens is 4. The number of rotatable bonds is 4. The van der Waals surface area contributed by atoms with Gasteiger partial charge in [0.15, 0.2) is 10.2 Å². The smallest absolute Gasteiger partial charge is 0.233 e. The van der Waals surface area contributed by atoms with Gasteiger partial charge in [0.2, 0.25) is 5.91 Å². The number of H-pyrrole nitrogens is 1. The van der Waals surface area contributed by atoms with Crippen LogP contribution in [0, 0.1) is 13.8 Å². The van der Waals surface area contributed by atoms with Gasteiger partial charge in [-0.3, -0.25) is 9.89 Å². The van der Waals surface area contributed by atoms with Crippen molar-refractivity contribution in [3.63, 3.8) is 0 Å². The summed E-state index contributed by atoms with van der Waals surface area (Å²) in [7, 11) is 0. The first kappa shape index (κ1) is 15.5. The number of amides is 1. The van der Waals surface area contributed by atoms with Crippen molar-refractivity contribution in [1.29, 1.82) is 0 Å². The summed E-state index contributed by atoms with van der Waals surface area (Å²) in [6.45, 7) is 5.41. The molecule has 0 radical (unpaired) electrons. The van der Waals surface area contributed by atoms with E-state index in [1.807, 2.05) is 24.1 Å². The molecule has 3 rings (SSSR count). The first-order valence-corrected chi connectivity index (χ1v) is 9.20. The highest BCUT2D eigenvalue weighted by atomic mass is 32.2. The molecule has 1 atom stereocenters. The molecule has 1 saturated heterocycles. The Bertz CT molecular complexity index is 653. The minimum Gasteiger partial charge on any atom is -0.341 e. The summed E-state index contributed by atoms with van der Waals surface area (Å²) >= 11 is 3.12. The van der Waals surface area contributed by atoms with Gasteiger partial charge < -0.3 is 4.90 Å². The van der Waals surface area contributed by atoms with Gasteiger partial charge in [-0.05, 0) is 26.7 Å². The van der Waals surface area contributed by atoms with Crippen molar-refractivity contribution in [1.82, 2.24) is 25.1 Å². The molecule has 0 unspecified atom stereocenters. The van der Waals surface area contributed by atoms with Gasteiger partial charge in [-0.1, -0.05) is 11.8 Å². The third-order valence-corrected chi connectivity index (χ3v) is 5.79. The Morgan fingerprint density at radius 3 is 3.05 bits per heavy atom. The Hall–Kier alpha value is -1.41. The highest BCUT2D eigenvalue weighted by molar-refractivity contribution is 8.01. The Morgan fingerprint density at radius 2 is 2.36 bits per heavy atom. The summed E-state index contributed by atoms with van der Waals surface area (Å²) in [5, 5.41) is 9.13. The average Bonchev–Trinajstić information content (AvgIpc) is 3.13. The van der Waals surface area contributed by atoms with E-state index in [4.69, 9.17) is 0 Å². The third-order valence-electron chi connectivity index (χ3n) is 3.67. The molecular weight excluding hydrogens is 318 g/mol. The van der Waals surface area contributed by atoms with Crippen LogP contribution in [-0.2, 0) is 4.79 Å². The molecule has 3 heterocycles. The van der Waals surface area contributed by atoms with Gasteiger partial charge in [0, 0.05) is 30.1 Å². The molecule has 0 spiro atoms. The Kier molecular flexibility index (Phi) is 4.77. The van der Waals surface area contributed by atoms with E-state index in [1.54, 1.807) is 11.3 Å². The van der Waals surface area contributed by atoms with Crippen LogP contribution in [-0.4, -0.2) is 49.8 Å². The average molecular weight is 337 g/mol. The molecule has 6 nitrogen and oxygen atoms in total. The zero-order valence-electron chi connectivity index (χ0n) is 12.7. The van der Waals surface area contributed by atoms with Crippen LogP contribution in [0.1, 0.15) is 36.1 Å². The quantitative estimate of drug-likeness (QED) is 0.867. The lowest BCUT2D eigenvalue weighted by molar-refractivity contribution is -0.129. The van der Waals surface area contributed by atoms with E-state index in [9.17, 15) is 4.79 Å². The number of likely N-dealkylation sites (tertiary alicyclic amines) is 1. The molecule has 1 amide bonds. The summed E-state index contributed by atoms with van der Waals surface area (Å²) in [5.74, 6) is 2.53. The number of aromatic amines is 1. The van der Waals surface area contributed by atoms with E-state index in [1.165, 1.54) is 11.8 Å². The molecule has 1 fully saturated rings. The first-order valence-electron chi connectivity index (χ1n) is 7.33. The molecule has 2 aromatic heterocycles. The van der Waals surface area contributed by atoms with Gasteiger partial charge in [-0.25, -0.2) is 9.97 Å². The van der Waals surface area contributed by atoms with Gasteiger partial charge >= 0.3 is 0 Å². The summed E-state index contributed by atoms with van der Waals surface area (Å²) < 4.78 is 0.962. The molecule has 1 N–H and O–H groups in total. The van der Waals surface area contributed by atoms with Crippen LogP contribution in [0.25, 0.3) is 0 Å². The van der Waals surface area contributed by atoms with E-state index >= 15 is 0 Å². The van der Waals surface area contributed by atoms with Crippen molar-refractivity contribution in [3.05, 3.63) is 22.7 Å². The molecule has 118 valence electrons. The van der Waals surface area contributed by atoms with Crippen molar-refractivity contribution in [2.45, 2.75) is 36.9 Å². The number of hydrogen-bond acceptors (Lipinski definition) is 6. The normalized spacial score (nSPS) is 18.6. The molecule has 0 bridgehead atoms. The SMILES string of the molecule is Cc1csc(SCC(=O)N2CCC[C@@H](c3n[nH]c(C)n3)C2)n1. The standard InChI is InChI=1S/C14H19N5OS2/c1-9-7-21-14(15-9)22-8-12(20)19-5-3-4-11(6-19)13-16-10(2)17-18-13/h7,11H,3-6,8H2,1-2H3,(H,16,17,18)/t11-/m1/s1. The van der Waals surface area contributed by atoms with Crippen molar-refractivity contribution < 1.29 is 4.79 Å². The Labute approximate surface area is 137 Å². The fourth-order valence-electron chi connectivity index (χ4n) is 2.57. The maximum absolute atomic E-state index is 12.4. The van der Waals surface area contributed by atoms with Crippen molar-refractivity contribution in [3.8, 4) is 0 Å². The summed E-state index contributed by atoms with van der Waals surface area (Å²) in [6.07, 6.45) is 2.05. The number of carbonyl (C=O) groups is 1. The van der Waals surface area contributed by atoms with Crippen molar-refractivity contribution in [2.75, 3.05) is 18.8 Å². The lowest BCUT2D eigenvalue weighted by Gasteiger charge is -2.31. The van der Waals surface area contributed by atoms with Crippen LogP contribution in [0.5, 0.6) is 0 Å². The van der Waals surface area contributed by atoms with E-state index < -0.39 is 0 Å². The second-order valence-corrected chi connectivity index (χ2v) is 7.58. The summed E-state index contributed by atoms with van der Waals surface area (Å²) in [5.41, 5.74) is 1.01. The number of aryl methyl sites for hydroxylation is 2. The van der Waals surface area contributed by atoms with Crippen LogP contribution in [0.2, 0.25) is 0 Å². The molecule has 1 aliphatic heterocycles. The molecule has 22 heavy (non-hydrogen) atoms. The second-order valence-electron chi connectivity index (χ2n) is 5.50. The number of hydrogen-bond donors (Lipinski definition) is 1. The Balaban J connectivity index is 1.55. The van der Waals surface area contributed by atoms with Crippen LogP contribution in [0.15, 0.2) is 9.72 Å². The summed E-state index contributed by atoms with van der Waals surface area (Å²) in [4.78, 5) is 23.1. The van der Waals surface area contributed by atoms with Crippen LogP contribution < -0.4 is 0 Å². The number of carbonyl (C=O) groups excluding carboxylic acids is 1. The van der Waals surface area contributed by atoms with E-state index in [2.05, 4.69) is 20.2 Å². The fourth-order valence-corrected chi connectivity index (χ4v) is 4.32. The predicted octanol–water partition coefficient (Wildman–Crippen LogP) is 2.38.